The van der Waals surface area contributed by atoms with Crippen molar-refractivity contribution in [2.24, 2.45) is 0 Å². The third-order valence-corrected chi connectivity index (χ3v) is 3.32. The average Bonchev–Trinajstić information content (AvgIpc) is 2.50. The lowest BCUT2D eigenvalue weighted by Gasteiger charge is -2.11. The SMILES string of the molecule is CCCCCCCOc1cc(C(=O)NCCC)ccc1N. The molecule has 0 aliphatic carbocycles. The molecule has 0 bridgehead atoms. The molecule has 0 saturated carbocycles. The summed E-state index contributed by atoms with van der Waals surface area (Å²) in [4.78, 5) is 11.9. The van der Waals surface area contributed by atoms with Crippen LogP contribution in [0.5, 0.6) is 5.75 Å². The molecule has 4 nitrogen and oxygen atoms in total. The zero-order valence-corrected chi connectivity index (χ0v) is 13.3. The predicted octanol–water partition coefficient (Wildman–Crippen LogP) is 3.76. The number of anilines is 1. The number of hydrogen-bond acceptors (Lipinski definition) is 3. The number of nitrogens with two attached hydrogens (primary N) is 1. The van der Waals surface area contributed by atoms with Gasteiger partial charge in [-0.1, -0.05) is 39.5 Å². The maximum atomic E-state index is 11.9. The van der Waals surface area contributed by atoms with Crippen molar-refractivity contribution >= 4 is 11.6 Å². The standard InChI is InChI=1S/C17H28N2O2/c1-3-5-6-7-8-12-21-16-13-14(9-10-15(16)18)17(20)19-11-4-2/h9-10,13H,3-8,11-12,18H2,1-2H3,(H,19,20). The van der Waals surface area contributed by atoms with Gasteiger partial charge in [-0.15, -0.1) is 0 Å². The molecule has 0 aromatic heterocycles. The van der Waals surface area contributed by atoms with Gasteiger partial charge in [0.15, 0.2) is 0 Å². The van der Waals surface area contributed by atoms with E-state index < -0.39 is 0 Å². The van der Waals surface area contributed by atoms with E-state index >= 15 is 0 Å². The topological polar surface area (TPSA) is 64.3 Å². The van der Waals surface area contributed by atoms with Crippen LogP contribution in [-0.2, 0) is 0 Å². The molecule has 0 aliphatic rings. The van der Waals surface area contributed by atoms with E-state index in [9.17, 15) is 4.79 Å². The highest BCUT2D eigenvalue weighted by molar-refractivity contribution is 5.95. The van der Waals surface area contributed by atoms with E-state index in [2.05, 4.69) is 12.2 Å². The minimum Gasteiger partial charge on any atom is -0.491 e. The van der Waals surface area contributed by atoms with Crippen LogP contribution in [0.25, 0.3) is 0 Å². The normalized spacial score (nSPS) is 10.4. The number of hydrogen-bond donors (Lipinski definition) is 2. The van der Waals surface area contributed by atoms with Crippen LogP contribution >= 0.6 is 0 Å². The van der Waals surface area contributed by atoms with Crippen molar-refractivity contribution in [3.8, 4) is 5.75 Å². The number of nitrogens with one attached hydrogen (secondary N) is 1. The number of amides is 1. The van der Waals surface area contributed by atoms with Crippen molar-refractivity contribution in [3.63, 3.8) is 0 Å². The summed E-state index contributed by atoms with van der Waals surface area (Å²) < 4.78 is 5.71. The first-order valence-electron chi connectivity index (χ1n) is 7.99. The van der Waals surface area contributed by atoms with E-state index in [0.29, 0.717) is 30.2 Å². The lowest BCUT2D eigenvalue weighted by Crippen LogP contribution is -2.24. The zero-order valence-electron chi connectivity index (χ0n) is 13.3. The number of nitrogen functional groups attached to an aromatic ring is 1. The van der Waals surface area contributed by atoms with Crippen molar-refractivity contribution in [1.29, 1.82) is 0 Å². The number of unbranched alkanes of at least 4 members (excludes halogenated alkanes) is 4. The van der Waals surface area contributed by atoms with E-state index in [0.717, 1.165) is 12.8 Å². The Labute approximate surface area is 128 Å². The highest BCUT2D eigenvalue weighted by Gasteiger charge is 2.08. The Bertz CT molecular complexity index is 433. The summed E-state index contributed by atoms with van der Waals surface area (Å²) in [6, 6.07) is 5.19. The van der Waals surface area contributed by atoms with E-state index in [-0.39, 0.29) is 5.91 Å². The van der Waals surface area contributed by atoms with Crippen LogP contribution in [0.1, 0.15) is 62.7 Å². The van der Waals surface area contributed by atoms with E-state index in [1.54, 1.807) is 18.2 Å². The minimum absolute atomic E-state index is 0.0790. The van der Waals surface area contributed by atoms with Gasteiger partial charge in [0.2, 0.25) is 0 Å². The Balaban J connectivity index is 2.47. The van der Waals surface area contributed by atoms with Gasteiger partial charge in [-0.2, -0.15) is 0 Å². The Kier molecular flexibility index (Phi) is 8.32. The molecule has 0 fully saturated rings. The van der Waals surface area contributed by atoms with Crippen LogP contribution in [0.15, 0.2) is 18.2 Å². The quantitative estimate of drug-likeness (QED) is 0.510. The third-order valence-electron chi connectivity index (χ3n) is 3.32. The summed E-state index contributed by atoms with van der Waals surface area (Å²) in [5.41, 5.74) is 7.07. The van der Waals surface area contributed by atoms with Crippen LogP contribution in [0.3, 0.4) is 0 Å². The van der Waals surface area contributed by atoms with Crippen LogP contribution < -0.4 is 15.8 Å². The average molecular weight is 292 g/mol. The van der Waals surface area contributed by atoms with Gasteiger partial charge in [0.25, 0.3) is 5.91 Å². The molecule has 0 radical (unpaired) electrons. The van der Waals surface area contributed by atoms with Crippen LogP contribution in [0.4, 0.5) is 5.69 Å². The van der Waals surface area contributed by atoms with Gasteiger partial charge in [0, 0.05) is 12.1 Å². The number of carbonyl (C=O) groups excluding carboxylic acids is 1. The zero-order chi connectivity index (χ0) is 15.5. The van der Waals surface area contributed by atoms with Crippen LogP contribution in [0.2, 0.25) is 0 Å². The monoisotopic (exact) mass is 292 g/mol. The highest BCUT2D eigenvalue weighted by Crippen LogP contribution is 2.23. The predicted molar refractivity (Wildman–Crippen MR) is 87.7 cm³/mol. The molecule has 1 aromatic carbocycles. The fraction of sp³-hybridized carbons (Fsp3) is 0.588. The van der Waals surface area contributed by atoms with Gasteiger partial charge in [-0.25, -0.2) is 0 Å². The second kappa shape index (κ2) is 10.1. The van der Waals surface area contributed by atoms with Gasteiger partial charge < -0.3 is 15.8 Å². The molecule has 21 heavy (non-hydrogen) atoms. The molecule has 118 valence electrons. The molecule has 1 rings (SSSR count). The van der Waals surface area contributed by atoms with E-state index in [1.807, 2.05) is 6.92 Å². The minimum atomic E-state index is -0.0790. The Morgan fingerprint density at radius 1 is 1.14 bits per heavy atom. The van der Waals surface area contributed by atoms with Gasteiger partial charge >= 0.3 is 0 Å². The van der Waals surface area contributed by atoms with Gasteiger partial charge in [0.05, 0.1) is 12.3 Å². The van der Waals surface area contributed by atoms with Crippen molar-refractivity contribution in [1.82, 2.24) is 5.32 Å². The highest BCUT2D eigenvalue weighted by atomic mass is 16.5. The molecule has 0 unspecified atom stereocenters. The van der Waals surface area contributed by atoms with Crippen molar-refractivity contribution in [2.75, 3.05) is 18.9 Å². The molecule has 0 spiro atoms. The van der Waals surface area contributed by atoms with Crippen LogP contribution in [-0.4, -0.2) is 19.1 Å². The molecule has 0 heterocycles. The molecule has 3 N–H and O–H groups in total. The molecule has 4 heteroatoms. The fourth-order valence-electron chi connectivity index (χ4n) is 2.03. The summed E-state index contributed by atoms with van der Waals surface area (Å²) in [7, 11) is 0. The van der Waals surface area contributed by atoms with Gasteiger partial charge in [-0.3, -0.25) is 4.79 Å². The first kappa shape index (κ1) is 17.3. The fourth-order valence-corrected chi connectivity index (χ4v) is 2.03. The summed E-state index contributed by atoms with van der Waals surface area (Å²) in [5.74, 6) is 0.527. The summed E-state index contributed by atoms with van der Waals surface area (Å²) in [6.45, 7) is 5.55. The number of carbonyl (C=O) groups is 1. The van der Waals surface area contributed by atoms with Crippen molar-refractivity contribution < 1.29 is 9.53 Å². The lowest BCUT2D eigenvalue weighted by molar-refractivity contribution is 0.0953. The largest absolute Gasteiger partial charge is 0.491 e. The number of benzene rings is 1. The van der Waals surface area contributed by atoms with Crippen LogP contribution in [0, 0.1) is 0 Å². The van der Waals surface area contributed by atoms with Crippen molar-refractivity contribution in [3.05, 3.63) is 23.8 Å². The maximum Gasteiger partial charge on any atom is 0.251 e. The second-order valence-corrected chi connectivity index (χ2v) is 5.27. The third kappa shape index (κ3) is 6.52. The number of ether oxygens (including phenoxy) is 1. The summed E-state index contributed by atoms with van der Waals surface area (Å²) >= 11 is 0. The first-order chi connectivity index (χ1) is 10.2. The summed E-state index contributed by atoms with van der Waals surface area (Å²) in [5, 5.41) is 2.85. The molecule has 1 aromatic rings. The summed E-state index contributed by atoms with van der Waals surface area (Å²) in [6.07, 6.45) is 6.87. The Morgan fingerprint density at radius 2 is 1.90 bits per heavy atom. The van der Waals surface area contributed by atoms with Gasteiger partial charge in [0.1, 0.15) is 5.75 Å². The Morgan fingerprint density at radius 3 is 2.62 bits per heavy atom. The molecule has 0 aliphatic heterocycles. The molecule has 0 atom stereocenters. The smallest absolute Gasteiger partial charge is 0.251 e. The molecule has 1 amide bonds. The van der Waals surface area contributed by atoms with Gasteiger partial charge in [-0.05, 0) is 31.0 Å². The maximum absolute atomic E-state index is 11.9. The lowest BCUT2D eigenvalue weighted by atomic mass is 10.1. The van der Waals surface area contributed by atoms with E-state index in [4.69, 9.17) is 10.5 Å². The second-order valence-electron chi connectivity index (χ2n) is 5.27. The molecular weight excluding hydrogens is 264 g/mol. The number of rotatable bonds is 10. The Hall–Kier alpha value is -1.71. The first-order valence-corrected chi connectivity index (χ1v) is 7.99. The van der Waals surface area contributed by atoms with E-state index in [1.165, 1.54) is 25.7 Å². The van der Waals surface area contributed by atoms with Crippen molar-refractivity contribution in [2.45, 2.75) is 52.4 Å². The molecular formula is C17H28N2O2. The molecule has 0 saturated heterocycles.